The zero-order valence-electron chi connectivity index (χ0n) is 11.7. The van der Waals surface area contributed by atoms with E-state index in [1.807, 2.05) is 32.0 Å². The zero-order chi connectivity index (χ0) is 15.1. The molecule has 2 heterocycles. The van der Waals surface area contributed by atoms with Gasteiger partial charge >= 0.3 is 6.03 Å². The summed E-state index contributed by atoms with van der Waals surface area (Å²) < 4.78 is 2.46. The normalized spacial score (nSPS) is 11.2. The molecule has 0 unspecified atom stereocenters. The number of aromatic nitrogens is 2. The van der Waals surface area contributed by atoms with E-state index in [0.717, 1.165) is 27.4 Å². The Labute approximate surface area is 131 Å². The van der Waals surface area contributed by atoms with E-state index in [1.165, 1.54) is 14.9 Å². The highest BCUT2D eigenvalue weighted by Gasteiger charge is 2.16. The predicted octanol–water partition coefficient (Wildman–Crippen LogP) is 3.89. The third kappa shape index (κ3) is 2.43. The lowest BCUT2D eigenvalue weighted by atomic mass is 10.0. The van der Waals surface area contributed by atoms with Crippen LogP contribution in [-0.4, -0.2) is 15.8 Å². The third-order valence-electron chi connectivity index (χ3n) is 3.63. The maximum atomic E-state index is 11.4. The Hall–Kier alpha value is -1.85. The molecule has 1 aromatic carbocycles. The molecule has 0 aliphatic rings. The summed E-state index contributed by atoms with van der Waals surface area (Å²) in [5, 5.41) is 8.21. The molecule has 4 nitrogen and oxygen atoms in total. The molecule has 2 aromatic heterocycles. The van der Waals surface area contributed by atoms with Gasteiger partial charge in [-0.05, 0) is 48.4 Å². The van der Waals surface area contributed by atoms with Gasteiger partial charge in [-0.3, -0.25) is 0 Å². The molecule has 0 radical (unpaired) electrons. The van der Waals surface area contributed by atoms with Crippen LogP contribution in [0.15, 0.2) is 23.6 Å². The summed E-state index contributed by atoms with van der Waals surface area (Å²) in [4.78, 5) is 11.4. The molecule has 3 rings (SSSR count). The quantitative estimate of drug-likeness (QED) is 0.779. The average molecular weight is 320 g/mol. The van der Waals surface area contributed by atoms with Crippen molar-refractivity contribution in [1.82, 2.24) is 9.78 Å². The van der Waals surface area contributed by atoms with Crippen molar-refractivity contribution in [3.8, 4) is 0 Å². The van der Waals surface area contributed by atoms with E-state index in [1.54, 1.807) is 11.3 Å². The Morgan fingerprint density at radius 2 is 2.19 bits per heavy atom. The van der Waals surface area contributed by atoms with Gasteiger partial charge in [0, 0.05) is 27.4 Å². The molecular weight excluding hydrogens is 306 g/mol. The maximum Gasteiger partial charge on any atom is 0.339 e. The Morgan fingerprint density at radius 3 is 2.86 bits per heavy atom. The molecule has 0 aliphatic carbocycles. The Kier molecular flexibility index (Phi) is 3.47. The van der Waals surface area contributed by atoms with Gasteiger partial charge < -0.3 is 5.73 Å². The molecule has 0 saturated heterocycles. The maximum absolute atomic E-state index is 11.4. The summed E-state index contributed by atoms with van der Waals surface area (Å²) >= 11 is 7.77. The van der Waals surface area contributed by atoms with Crippen LogP contribution in [0.2, 0.25) is 5.02 Å². The number of hydrogen-bond donors (Lipinski definition) is 1. The van der Waals surface area contributed by atoms with Crippen LogP contribution in [0.25, 0.3) is 10.1 Å². The molecule has 1 amide bonds. The minimum absolute atomic E-state index is 0.555. The topological polar surface area (TPSA) is 60.9 Å². The number of halogens is 1. The molecule has 0 atom stereocenters. The number of aryl methyl sites for hydroxylation is 1. The zero-order valence-corrected chi connectivity index (χ0v) is 13.3. The van der Waals surface area contributed by atoms with Crippen LogP contribution in [0.4, 0.5) is 4.79 Å². The van der Waals surface area contributed by atoms with Crippen LogP contribution in [0.3, 0.4) is 0 Å². The van der Waals surface area contributed by atoms with Gasteiger partial charge in [0.2, 0.25) is 0 Å². The van der Waals surface area contributed by atoms with E-state index in [4.69, 9.17) is 17.3 Å². The van der Waals surface area contributed by atoms with Gasteiger partial charge in [0.1, 0.15) is 0 Å². The van der Waals surface area contributed by atoms with Crippen LogP contribution >= 0.6 is 22.9 Å². The smallest absolute Gasteiger partial charge is 0.339 e. The fourth-order valence-electron chi connectivity index (χ4n) is 2.53. The van der Waals surface area contributed by atoms with Crippen LogP contribution < -0.4 is 5.73 Å². The summed E-state index contributed by atoms with van der Waals surface area (Å²) in [6.45, 7) is 3.75. The number of hydrogen-bond acceptors (Lipinski definition) is 3. The van der Waals surface area contributed by atoms with Gasteiger partial charge in [-0.1, -0.05) is 11.6 Å². The van der Waals surface area contributed by atoms with Crippen molar-refractivity contribution >= 4 is 39.1 Å². The number of fused-ring (bicyclic) bond motifs is 1. The van der Waals surface area contributed by atoms with Gasteiger partial charge in [-0.25, -0.2) is 4.79 Å². The van der Waals surface area contributed by atoms with Crippen molar-refractivity contribution in [3.63, 3.8) is 0 Å². The minimum atomic E-state index is -0.555. The molecule has 3 aromatic rings. The van der Waals surface area contributed by atoms with Gasteiger partial charge in [0.05, 0.1) is 5.69 Å². The first-order chi connectivity index (χ1) is 9.97. The highest BCUT2D eigenvalue weighted by atomic mass is 35.5. The second-order valence-electron chi connectivity index (χ2n) is 4.98. The molecule has 2 N–H and O–H groups in total. The highest BCUT2D eigenvalue weighted by molar-refractivity contribution is 7.17. The molecule has 108 valence electrons. The van der Waals surface area contributed by atoms with E-state index in [-0.39, 0.29) is 0 Å². The third-order valence-corrected chi connectivity index (χ3v) is 4.88. The lowest BCUT2D eigenvalue weighted by Gasteiger charge is -2.02. The molecule has 0 fully saturated rings. The number of carbonyl (C=O) groups is 1. The Bertz CT molecular complexity index is 850. The molecular formula is C15H14ClN3OS. The lowest BCUT2D eigenvalue weighted by Crippen LogP contribution is -2.22. The van der Waals surface area contributed by atoms with Crippen LogP contribution in [-0.2, 0) is 6.42 Å². The van der Waals surface area contributed by atoms with Crippen molar-refractivity contribution < 1.29 is 4.79 Å². The number of nitrogens with two attached hydrogens (primary N) is 1. The standard InChI is InChI=1S/C15H14ClN3OS/c1-8-12(9(2)19(18-8)15(17)20)5-10-7-21-14-4-3-11(16)6-13(10)14/h3-4,6-7H,5H2,1-2H3,(H2,17,20). The van der Waals surface area contributed by atoms with Crippen LogP contribution in [0, 0.1) is 13.8 Å². The van der Waals surface area contributed by atoms with E-state index in [0.29, 0.717) is 6.42 Å². The van der Waals surface area contributed by atoms with Gasteiger partial charge in [0.25, 0.3) is 0 Å². The van der Waals surface area contributed by atoms with Crippen LogP contribution in [0.1, 0.15) is 22.5 Å². The summed E-state index contributed by atoms with van der Waals surface area (Å²) in [6.07, 6.45) is 0.714. The summed E-state index contributed by atoms with van der Waals surface area (Å²) in [5.74, 6) is 0. The van der Waals surface area contributed by atoms with Crippen LogP contribution in [0.5, 0.6) is 0 Å². The van der Waals surface area contributed by atoms with Gasteiger partial charge in [0.15, 0.2) is 0 Å². The van der Waals surface area contributed by atoms with Crippen molar-refractivity contribution in [2.75, 3.05) is 0 Å². The first-order valence-corrected chi connectivity index (χ1v) is 7.73. The lowest BCUT2D eigenvalue weighted by molar-refractivity contribution is 0.247. The summed E-state index contributed by atoms with van der Waals surface area (Å²) in [6, 6.07) is 5.34. The molecule has 0 aliphatic heterocycles. The molecule has 6 heteroatoms. The fraction of sp³-hybridized carbons (Fsp3) is 0.200. The van der Waals surface area contributed by atoms with E-state index in [2.05, 4.69) is 10.5 Å². The molecule has 0 spiro atoms. The number of rotatable bonds is 2. The number of carbonyl (C=O) groups excluding carboxylic acids is 1. The first-order valence-electron chi connectivity index (χ1n) is 6.48. The fourth-order valence-corrected chi connectivity index (χ4v) is 3.64. The number of primary amides is 1. The molecule has 0 bridgehead atoms. The number of nitrogens with zero attached hydrogens (tertiary/aromatic N) is 2. The van der Waals surface area contributed by atoms with Gasteiger partial charge in [-0.2, -0.15) is 9.78 Å². The van der Waals surface area contributed by atoms with E-state index < -0.39 is 6.03 Å². The monoisotopic (exact) mass is 319 g/mol. The molecule has 21 heavy (non-hydrogen) atoms. The Balaban J connectivity index is 2.07. The highest BCUT2D eigenvalue weighted by Crippen LogP contribution is 2.31. The summed E-state index contributed by atoms with van der Waals surface area (Å²) in [5.41, 5.74) is 9.17. The van der Waals surface area contributed by atoms with Crippen molar-refractivity contribution in [2.45, 2.75) is 20.3 Å². The predicted molar refractivity (Wildman–Crippen MR) is 86.3 cm³/mol. The van der Waals surface area contributed by atoms with E-state index in [9.17, 15) is 4.79 Å². The number of thiophene rings is 1. The number of amides is 1. The van der Waals surface area contributed by atoms with Crippen molar-refractivity contribution in [1.29, 1.82) is 0 Å². The summed E-state index contributed by atoms with van der Waals surface area (Å²) in [7, 11) is 0. The minimum Gasteiger partial charge on any atom is -0.350 e. The van der Waals surface area contributed by atoms with E-state index >= 15 is 0 Å². The second kappa shape index (κ2) is 5.16. The van der Waals surface area contributed by atoms with Crippen molar-refractivity contribution in [2.24, 2.45) is 5.73 Å². The average Bonchev–Trinajstić information content (AvgIpc) is 2.94. The van der Waals surface area contributed by atoms with Crippen molar-refractivity contribution in [3.05, 3.63) is 51.1 Å². The number of benzene rings is 1. The van der Waals surface area contributed by atoms with Gasteiger partial charge in [-0.15, -0.1) is 11.3 Å². The SMILES string of the molecule is Cc1nn(C(N)=O)c(C)c1Cc1csc2ccc(Cl)cc12. The second-order valence-corrected chi connectivity index (χ2v) is 6.33. The first kappa shape index (κ1) is 14.1. The molecule has 0 saturated carbocycles. The largest absolute Gasteiger partial charge is 0.350 e. The Morgan fingerprint density at radius 1 is 1.43 bits per heavy atom.